The van der Waals surface area contributed by atoms with Crippen molar-refractivity contribution in [1.29, 1.82) is 0 Å². The minimum absolute atomic E-state index is 0. The van der Waals surface area contributed by atoms with Gasteiger partial charge in [0.2, 0.25) is 0 Å². The second-order valence-electron chi connectivity index (χ2n) is 7.63. The van der Waals surface area contributed by atoms with E-state index in [1.54, 1.807) is 7.05 Å². The molecule has 3 aromatic rings. The van der Waals surface area contributed by atoms with Crippen LogP contribution in [-0.4, -0.2) is 31.3 Å². The summed E-state index contributed by atoms with van der Waals surface area (Å²) in [6.45, 7) is 4.99. The summed E-state index contributed by atoms with van der Waals surface area (Å²) in [7, 11) is 1.78. The summed E-state index contributed by atoms with van der Waals surface area (Å²) in [5, 5.41) is 11.0. The van der Waals surface area contributed by atoms with Gasteiger partial charge >= 0.3 is 0 Å². The van der Waals surface area contributed by atoms with Gasteiger partial charge in [0, 0.05) is 37.5 Å². The van der Waals surface area contributed by atoms with Gasteiger partial charge in [-0.2, -0.15) is 0 Å². The van der Waals surface area contributed by atoms with E-state index in [0.29, 0.717) is 6.54 Å². The Morgan fingerprint density at radius 1 is 1.10 bits per heavy atom. The number of benzene rings is 2. The quantitative estimate of drug-likeness (QED) is 0.267. The van der Waals surface area contributed by atoms with Crippen LogP contribution in [0.25, 0.3) is 11.3 Å². The molecule has 1 fully saturated rings. The lowest BCUT2D eigenvalue weighted by Gasteiger charge is -2.22. The summed E-state index contributed by atoms with van der Waals surface area (Å²) >= 11 is 0. The molecule has 7 heteroatoms. The molecular weight excluding hydrogens is 501 g/mol. The summed E-state index contributed by atoms with van der Waals surface area (Å²) in [6.07, 6.45) is 2.56. The van der Waals surface area contributed by atoms with E-state index in [2.05, 4.69) is 56.9 Å². The molecule has 6 nitrogen and oxygen atoms in total. The third-order valence-electron chi connectivity index (χ3n) is 5.47. The topological polar surface area (TPSA) is 65.7 Å². The fourth-order valence-electron chi connectivity index (χ4n) is 3.76. The lowest BCUT2D eigenvalue weighted by molar-refractivity contribution is 0.422. The Morgan fingerprint density at radius 3 is 2.61 bits per heavy atom. The first-order valence-corrected chi connectivity index (χ1v) is 10.6. The van der Waals surface area contributed by atoms with Gasteiger partial charge in [-0.15, -0.1) is 24.0 Å². The molecule has 0 spiro atoms. The maximum Gasteiger partial charge on any atom is 0.191 e. The Morgan fingerprint density at radius 2 is 1.87 bits per heavy atom. The molecule has 4 rings (SSSR count). The molecule has 1 saturated heterocycles. The normalized spacial score (nSPS) is 14.8. The molecule has 0 radical (unpaired) electrons. The Hall–Kier alpha value is -2.55. The summed E-state index contributed by atoms with van der Waals surface area (Å²) in [6, 6.07) is 20.8. The zero-order valence-corrected chi connectivity index (χ0v) is 20.4. The van der Waals surface area contributed by atoms with Gasteiger partial charge in [-0.3, -0.25) is 4.99 Å². The standard InChI is InChI=1S/C24H29N5O.HI/c1-18(20-11-8-12-22(15-20)29-13-6-7-14-29)27-24(25-2)26-17-21-16-23(30-28-21)19-9-4-3-5-10-19;/h3-5,8-12,15-16,18H,6-7,13-14,17H2,1-2H3,(H2,25,26,27);1H. The molecular formula is C24H30IN5O. The minimum Gasteiger partial charge on any atom is -0.372 e. The number of halogens is 1. The summed E-state index contributed by atoms with van der Waals surface area (Å²) < 4.78 is 5.47. The molecule has 164 valence electrons. The van der Waals surface area contributed by atoms with Crippen molar-refractivity contribution in [3.63, 3.8) is 0 Å². The molecule has 0 aliphatic carbocycles. The van der Waals surface area contributed by atoms with Gasteiger partial charge in [0.15, 0.2) is 11.7 Å². The van der Waals surface area contributed by atoms with Gasteiger partial charge in [0.25, 0.3) is 0 Å². The first kappa shape index (κ1) is 23.1. The van der Waals surface area contributed by atoms with Crippen molar-refractivity contribution < 1.29 is 4.52 Å². The maximum absolute atomic E-state index is 5.47. The van der Waals surface area contributed by atoms with Crippen molar-refractivity contribution in [3.05, 3.63) is 71.9 Å². The van der Waals surface area contributed by atoms with Crippen molar-refractivity contribution in [3.8, 4) is 11.3 Å². The van der Waals surface area contributed by atoms with Crippen LogP contribution in [0.4, 0.5) is 5.69 Å². The average Bonchev–Trinajstić information content (AvgIpc) is 3.50. The highest BCUT2D eigenvalue weighted by Crippen LogP contribution is 2.24. The van der Waals surface area contributed by atoms with Gasteiger partial charge in [-0.25, -0.2) is 0 Å². The molecule has 0 saturated carbocycles. The van der Waals surface area contributed by atoms with Crippen LogP contribution < -0.4 is 15.5 Å². The van der Waals surface area contributed by atoms with Crippen molar-refractivity contribution in [2.45, 2.75) is 32.4 Å². The van der Waals surface area contributed by atoms with E-state index in [1.807, 2.05) is 36.4 Å². The van der Waals surface area contributed by atoms with Gasteiger partial charge in [-0.1, -0.05) is 47.6 Å². The number of nitrogens with one attached hydrogen (secondary N) is 2. The number of aliphatic imine (C=N–C) groups is 1. The van der Waals surface area contributed by atoms with Crippen molar-refractivity contribution >= 4 is 35.6 Å². The minimum atomic E-state index is 0. The number of hydrogen-bond acceptors (Lipinski definition) is 4. The van der Waals surface area contributed by atoms with E-state index in [0.717, 1.165) is 36.1 Å². The zero-order valence-electron chi connectivity index (χ0n) is 18.0. The average molecular weight is 531 g/mol. The fourth-order valence-corrected chi connectivity index (χ4v) is 3.76. The molecule has 1 atom stereocenters. The predicted molar refractivity (Wildman–Crippen MR) is 137 cm³/mol. The van der Waals surface area contributed by atoms with Crippen LogP contribution in [-0.2, 0) is 6.54 Å². The van der Waals surface area contributed by atoms with E-state index >= 15 is 0 Å². The molecule has 1 aliphatic rings. The Kier molecular flexibility index (Phi) is 8.34. The summed E-state index contributed by atoms with van der Waals surface area (Å²) in [4.78, 5) is 6.82. The van der Waals surface area contributed by atoms with Gasteiger partial charge in [-0.05, 0) is 37.5 Å². The zero-order chi connectivity index (χ0) is 20.8. The monoisotopic (exact) mass is 531 g/mol. The highest BCUT2D eigenvalue weighted by atomic mass is 127. The number of nitrogens with zero attached hydrogens (tertiary/aromatic N) is 3. The van der Waals surface area contributed by atoms with Crippen LogP contribution in [0.5, 0.6) is 0 Å². The molecule has 2 aromatic carbocycles. The molecule has 31 heavy (non-hydrogen) atoms. The molecule has 1 aliphatic heterocycles. The SMILES string of the molecule is CN=C(NCc1cc(-c2ccccc2)on1)NC(C)c1cccc(N2CCCC2)c1.I. The second kappa shape index (κ2) is 11.2. The molecule has 0 amide bonds. The van der Waals surface area contributed by atoms with E-state index in [-0.39, 0.29) is 30.0 Å². The van der Waals surface area contributed by atoms with Crippen LogP contribution in [0.2, 0.25) is 0 Å². The molecule has 1 unspecified atom stereocenters. The molecule has 0 bridgehead atoms. The molecule has 1 aromatic heterocycles. The number of aromatic nitrogens is 1. The van der Waals surface area contributed by atoms with Crippen molar-refractivity contribution in [2.75, 3.05) is 25.0 Å². The summed E-state index contributed by atoms with van der Waals surface area (Å²) in [5.41, 5.74) is 4.40. The highest BCUT2D eigenvalue weighted by molar-refractivity contribution is 14.0. The number of hydrogen-bond donors (Lipinski definition) is 2. The third-order valence-corrected chi connectivity index (χ3v) is 5.47. The maximum atomic E-state index is 5.47. The van der Waals surface area contributed by atoms with E-state index in [1.165, 1.54) is 24.1 Å². The van der Waals surface area contributed by atoms with Crippen LogP contribution in [0, 0.1) is 0 Å². The van der Waals surface area contributed by atoms with Gasteiger partial charge in [0.05, 0.1) is 12.6 Å². The summed E-state index contributed by atoms with van der Waals surface area (Å²) in [5.74, 6) is 1.50. The number of anilines is 1. The Bertz CT molecular complexity index is 982. The van der Waals surface area contributed by atoms with Gasteiger partial charge in [0.1, 0.15) is 5.69 Å². The Balaban J connectivity index is 0.00000272. The van der Waals surface area contributed by atoms with Crippen LogP contribution in [0.3, 0.4) is 0 Å². The first-order chi connectivity index (χ1) is 14.7. The fraction of sp³-hybridized carbons (Fsp3) is 0.333. The largest absolute Gasteiger partial charge is 0.372 e. The Labute approximate surface area is 201 Å². The first-order valence-electron chi connectivity index (χ1n) is 10.6. The van der Waals surface area contributed by atoms with Crippen LogP contribution in [0.1, 0.15) is 37.1 Å². The number of rotatable bonds is 6. The van der Waals surface area contributed by atoms with Crippen molar-refractivity contribution in [2.24, 2.45) is 4.99 Å². The number of guanidine groups is 1. The van der Waals surface area contributed by atoms with E-state index in [9.17, 15) is 0 Å². The third kappa shape index (κ3) is 6.00. The van der Waals surface area contributed by atoms with Crippen LogP contribution >= 0.6 is 24.0 Å². The van der Waals surface area contributed by atoms with Crippen LogP contribution in [0.15, 0.2) is 70.2 Å². The molecule has 2 N–H and O–H groups in total. The lowest BCUT2D eigenvalue weighted by atomic mass is 10.1. The lowest BCUT2D eigenvalue weighted by Crippen LogP contribution is -2.38. The predicted octanol–water partition coefficient (Wildman–Crippen LogP) is 4.99. The highest BCUT2D eigenvalue weighted by Gasteiger charge is 2.15. The van der Waals surface area contributed by atoms with E-state index < -0.39 is 0 Å². The second-order valence-corrected chi connectivity index (χ2v) is 7.63. The van der Waals surface area contributed by atoms with E-state index in [4.69, 9.17) is 4.52 Å². The van der Waals surface area contributed by atoms with Crippen molar-refractivity contribution in [1.82, 2.24) is 15.8 Å². The smallest absolute Gasteiger partial charge is 0.191 e. The molecule has 2 heterocycles. The van der Waals surface area contributed by atoms with Gasteiger partial charge < -0.3 is 20.1 Å².